The van der Waals surface area contributed by atoms with Crippen LogP contribution in [-0.2, 0) is 0 Å². The Bertz CT molecular complexity index is 493. The summed E-state index contributed by atoms with van der Waals surface area (Å²) in [6.45, 7) is 3.69. The van der Waals surface area contributed by atoms with Gasteiger partial charge in [-0.3, -0.25) is 0 Å². The van der Waals surface area contributed by atoms with Gasteiger partial charge in [0.25, 0.3) is 0 Å². The molecular weight excluding hydrogens is 281 g/mol. The fourth-order valence-corrected chi connectivity index (χ4v) is 1.86. The van der Waals surface area contributed by atoms with Gasteiger partial charge in [-0.1, -0.05) is 5.16 Å². The number of aryl methyl sites for hydroxylation is 2. The SMILES string of the molecule is Cc1noc(C)c1-c1nc(Cl)ncc1Br. The van der Waals surface area contributed by atoms with Gasteiger partial charge in [0.15, 0.2) is 0 Å². The van der Waals surface area contributed by atoms with Crippen LogP contribution in [0.5, 0.6) is 0 Å². The summed E-state index contributed by atoms with van der Waals surface area (Å²) in [5.41, 5.74) is 2.33. The molecule has 0 aromatic carbocycles. The minimum absolute atomic E-state index is 0.202. The summed E-state index contributed by atoms with van der Waals surface area (Å²) in [5.74, 6) is 0.711. The second kappa shape index (κ2) is 3.90. The molecule has 0 spiro atoms. The summed E-state index contributed by atoms with van der Waals surface area (Å²) >= 11 is 9.11. The molecule has 0 aliphatic rings. The van der Waals surface area contributed by atoms with Crippen LogP contribution in [0, 0.1) is 13.8 Å². The minimum Gasteiger partial charge on any atom is -0.361 e. The Morgan fingerprint density at radius 3 is 2.73 bits per heavy atom. The van der Waals surface area contributed by atoms with E-state index in [-0.39, 0.29) is 5.28 Å². The highest BCUT2D eigenvalue weighted by Gasteiger charge is 2.16. The van der Waals surface area contributed by atoms with Crippen LogP contribution >= 0.6 is 27.5 Å². The third kappa shape index (κ3) is 1.89. The molecule has 2 aromatic rings. The number of hydrogen-bond acceptors (Lipinski definition) is 4. The fraction of sp³-hybridized carbons (Fsp3) is 0.222. The predicted molar refractivity (Wildman–Crippen MR) is 59.7 cm³/mol. The van der Waals surface area contributed by atoms with E-state index in [0.717, 1.165) is 15.7 Å². The normalized spacial score (nSPS) is 10.7. The summed E-state index contributed by atoms with van der Waals surface area (Å²) in [6, 6.07) is 0. The fourth-order valence-electron chi connectivity index (χ4n) is 1.34. The molecule has 0 atom stereocenters. The van der Waals surface area contributed by atoms with Crippen LogP contribution in [0.1, 0.15) is 11.5 Å². The molecule has 0 saturated heterocycles. The average molecular weight is 289 g/mol. The van der Waals surface area contributed by atoms with Crippen LogP contribution in [0.15, 0.2) is 15.2 Å². The highest BCUT2D eigenvalue weighted by atomic mass is 79.9. The molecule has 2 rings (SSSR count). The third-order valence-electron chi connectivity index (χ3n) is 1.98. The number of aromatic nitrogens is 3. The second-order valence-corrected chi connectivity index (χ2v) is 4.23. The van der Waals surface area contributed by atoms with E-state index >= 15 is 0 Å². The maximum Gasteiger partial charge on any atom is 0.222 e. The van der Waals surface area contributed by atoms with Gasteiger partial charge in [0.1, 0.15) is 5.76 Å². The van der Waals surface area contributed by atoms with Gasteiger partial charge in [0.2, 0.25) is 5.28 Å². The lowest BCUT2D eigenvalue weighted by atomic mass is 10.1. The first-order valence-electron chi connectivity index (χ1n) is 4.21. The predicted octanol–water partition coefficient (Wildman–Crippen LogP) is 3.16. The van der Waals surface area contributed by atoms with E-state index in [9.17, 15) is 0 Å². The summed E-state index contributed by atoms with van der Waals surface area (Å²) in [6.07, 6.45) is 1.61. The first-order chi connectivity index (χ1) is 7.09. The number of rotatable bonds is 1. The van der Waals surface area contributed by atoms with Gasteiger partial charge in [0.05, 0.1) is 21.4 Å². The Balaban J connectivity index is 2.68. The van der Waals surface area contributed by atoms with Gasteiger partial charge >= 0.3 is 0 Å². The van der Waals surface area contributed by atoms with Crippen molar-refractivity contribution in [2.24, 2.45) is 0 Å². The maximum absolute atomic E-state index is 5.74. The van der Waals surface area contributed by atoms with E-state index in [1.165, 1.54) is 0 Å². The van der Waals surface area contributed by atoms with Gasteiger partial charge in [-0.2, -0.15) is 0 Å². The molecule has 78 valence electrons. The molecule has 4 nitrogen and oxygen atoms in total. The number of hydrogen-bond donors (Lipinski definition) is 0. The van der Waals surface area contributed by atoms with Crippen molar-refractivity contribution in [3.63, 3.8) is 0 Å². The Labute approximate surface area is 99.8 Å². The average Bonchev–Trinajstić information content (AvgIpc) is 2.51. The molecule has 0 saturated carbocycles. The van der Waals surface area contributed by atoms with Gasteiger partial charge in [-0.25, -0.2) is 9.97 Å². The Morgan fingerprint density at radius 1 is 1.40 bits per heavy atom. The van der Waals surface area contributed by atoms with Gasteiger partial charge in [-0.15, -0.1) is 0 Å². The first kappa shape index (κ1) is 10.6. The van der Waals surface area contributed by atoms with Crippen molar-refractivity contribution in [2.45, 2.75) is 13.8 Å². The molecule has 6 heteroatoms. The lowest BCUT2D eigenvalue weighted by Crippen LogP contribution is -1.91. The standard InChI is InChI=1S/C9H7BrClN3O/c1-4-7(5(2)15-14-4)8-6(10)3-12-9(11)13-8/h3H,1-2H3. The Morgan fingerprint density at radius 2 is 2.13 bits per heavy atom. The van der Waals surface area contributed by atoms with E-state index in [0.29, 0.717) is 11.5 Å². The van der Waals surface area contributed by atoms with E-state index in [1.54, 1.807) is 6.20 Å². The van der Waals surface area contributed by atoms with Crippen molar-refractivity contribution < 1.29 is 4.52 Å². The largest absolute Gasteiger partial charge is 0.361 e. The van der Waals surface area contributed by atoms with Crippen LogP contribution in [0.25, 0.3) is 11.3 Å². The monoisotopic (exact) mass is 287 g/mol. The van der Waals surface area contributed by atoms with Gasteiger partial charge < -0.3 is 4.52 Å². The second-order valence-electron chi connectivity index (χ2n) is 3.03. The molecule has 0 radical (unpaired) electrons. The lowest BCUT2D eigenvalue weighted by molar-refractivity contribution is 0.393. The molecular formula is C9H7BrClN3O. The van der Waals surface area contributed by atoms with Gasteiger partial charge in [-0.05, 0) is 41.4 Å². The molecule has 0 unspecified atom stereocenters. The third-order valence-corrected chi connectivity index (χ3v) is 2.75. The quantitative estimate of drug-likeness (QED) is 0.756. The van der Waals surface area contributed by atoms with Crippen LogP contribution < -0.4 is 0 Å². The molecule has 0 N–H and O–H groups in total. The summed E-state index contributed by atoms with van der Waals surface area (Å²) in [4.78, 5) is 8.01. The zero-order valence-corrected chi connectivity index (χ0v) is 10.4. The van der Waals surface area contributed by atoms with Crippen LogP contribution in [0.3, 0.4) is 0 Å². The van der Waals surface area contributed by atoms with Crippen LogP contribution in [0.4, 0.5) is 0 Å². The van der Waals surface area contributed by atoms with E-state index in [2.05, 4.69) is 31.1 Å². The highest BCUT2D eigenvalue weighted by Crippen LogP contribution is 2.31. The van der Waals surface area contributed by atoms with Crippen LogP contribution in [0.2, 0.25) is 5.28 Å². The van der Waals surface area contributed by atoms with Gasteiger partial charge in [0, 0.05) is 6.20 Å². The zero-order valence-electron chi connectivity index (χ0n) is 8.08. The van der Waals surface area contributed by atoms with Crippen molar-refractivity contribution in [3.8, 4) is 11.3 Å². The summed E-state index contributed by atoms with van der Waals surface area (Å²) in [5, 5.41) is 4.07. The molecule has 2 aromatic heterocycles. The maximum atomic E-state index is 5.74. The lowest BCUT2D eigenvalue weighted by Gasteiger charge is -2.02. The molecule has 2 heterocycles. The summed E-state index contributed by atoms with van der Waals surface area (Å²) < 4.78 is 5.84. The Hall–Kier alpha value is -0.940. The molecule has 0 aliphatic heterocycles. The molecule has 15 heavy (non-hydrogen) atoms. The van der Waals surface area contributed by atoms with Crippen molar-refractivity contribution in [1.82, 2.24) is 15.1 Å². The molecule has 0 amide bonds. The zero-order chi connectivity index (χ0) is 11.0. The topological polar surface area (TPSA) is 51.8 Å². The van der Waals surface area contributed by atoms with Crippen molar-refractivity contribution in [3.05, 3.63) is 27.4 Å². The van der Waals surface area contributed by atoms with E-state index in [4.69, 9.17) is 16.1 Å². The van der Waals surface area contributed by atoms with E-state index in [1.807, 2.05) is 13.8 Å². The molecule has 0 bridgehead atoms. The van der Waals surface area contributed by atoms with Crippen molar-refractivity contribution in [1.29, 1.82) is 0 Å². The molecule has 0 aliphatic carbocycles. The highest BCUT2D eigenvalue weighted by molar-refractivity contribution is 9.10. The Kier molecular flexibility index (Phi) is 2.75. The van der Waals surface area contributed by atoms with Crippen molar-refractivity contribution >= 4 is 27.5 Å². The smallest absolute Gasteiger partial charge is 0.222 e. The first-order valence-corrected chi connectivity index (χ1v) is 5.38. The van der Waals surface area contributed by atoms with Crippen LogP contribution in [-0.4, -0.2) is 15.1 Å². The number of nitrogens with zero attached hydrogens (tertiary/aromatic N) is 3. The minimum atomic E-state index is 0.202. The summed E-state index contributed by atoms with van der Waals surface area (Å²) in [7, 11) is 0. The van der Waals surface area contributed by atoms with Crippen molar-refractivity contribution in [2.75, 3.05) is 0 Å². The molecule has 0 fully saturated rings. The van der Waals surface area contributed by atoms with E-state index < -0.39 is 0 Å². The number of halogens is 2.